The molecular formula is C8H16O3S. The van der Waals surface area contributed by atoms with Gasteiger partial charge in [-0.25, -0.2) is 0 Å². The first-order chi connectivity index (χ1) is 5.45. The van der Waals surface area contributed by atoms with Gasteiger partial charge in [0.2, 0.25) is 0 Å². The third kappa shape index (κ3) is 7.88. The summed E-state index contributed by atoms with van der Waals surface area (Å²) in [6, 6.07) is 0. The van der Waals surface area contributed by atoms with Crippen molar-refractivity contribution in [2.45, 2.75) is 25.9 Å². The number of esters is 1. The molecule has 72 valence electrons. The number of carbonyl (C=O) groups is 1. The number of aliphatic hydroxyl groups is 1. The maximum atomic E-state index is 10.6. The molecule has 0 saturated carbocycles. The van der Waals surface area contributed by atoms with Crippen LogP contribution in [0.4, 0.5) is 0 Å². The van der Waals surface area contributed by atoms with Crippen LogP contribution in [0.5, 0.6) is 0 Å². The molecule has 0 radical (unpaired) electrons. The summed E-state index contributed by atoms with van der Waals surface area (Å²) in [5, 5.41) is 9.30. The van der Waals surface area contributed by atoms with Crippen molar-refractivity contribution in [3.05, 3.63) is 0 Å². The molecule has 0 heterocycles. The molecule has 0 aromatic rings. The van der Waals surface area contributed by atoms with Crippen molar-refractivity contribution < 1.29 is 14.6 Å². The molecule has 0 aromatic carbocycles. The molecule has 0 aliphatic heterocycles. The van der Waals surface area contributed by atoms with Gasteiger partial charge in [-0.05, 0) is 13.8 Å². The number of methoxy groups -OCH3 is 1. The van der Waals surface area contributed by atoms with Crippen LogP contribution >= 0.6 is 11.8 Å². The van der Waals surface area contributed by atoms with E-state index in [1.165, 1.54) is 7.11 Å². The van der Waals surface area contributed by atoms with Crippen molar-refractivity contribution in [2.24, 2.45) is 0 Å². The molecule has 0 rings (SSSR count). The van der Waals surface area contributed by atoms with E-state index in [1.807, 2.05) is 0 Å². The quantitative estimate of drug-likeness (QED) is 0.522. The minimum absolute atomic E-state index is 0.196. The Labute approximate surface area is 77.5 Å². The zero-order valence-electron chi connectivity index (χ0n) is 7.79. The van der Waals surface area contributed by atoms with E-state index in [-0.39, 0.29) is 5.97 Å². The van der Waals surface area contributed by atoms with Crippen LogP contribution in [0.2, 0.25) is 0 Å². The van der Waals surface area contributed by atoms with Gasteiger partial charge in [0.05, 0.1) is 19.1 Å². The van der Waals surface area contributed by atoms with Crippen molar-refractivity contribution in [1.82, 2.24) is 0 Å². The van der Waals surface area contributed by atoms with Crippen LogP contribution in [-0.2, 0) is 9.53 Å². The first kappa shape index (κ1) is 11.8. The van der Waals surface area contributed by atoms with Crippen LogP contribution in [-0.4, -0.2) is 35.3 Å². The average molecular weight is 192 g/mol. The standard InChI is InChI=1S/C8H16O3S/c1-8(2,10)6-12-5-4-7(9)11-3/h10H,4-6H2,1-3H3. The summed E-state index contributed by atoms with van der Waals surface area (Å²) in [4.78, 5) is 10.6. The number of rotatable bonds is 5. The van der Waals surface area contributed by atoms with Crippen LogP contribution in [0.25, 0.3) is 0 Å². The highest BCUT2D eigenvalue weighted by Gasteiger charge is 2.12. The Kier molecular flexibility index (Phi) is 5.33. The van der Waals surface area contributed by atoms with Crippen LogP contribution in [0, 0.1) is 0 Å². The summed E-state index contributed by atoms with van der Waals surface area (Å²) in [5.41, 5.74) is -0.652. The Morgan fingerprint density at radius 1 is 1.58 bits per heavy atom. The van der Waals surface area contributed by atoms with Crippen molar-refractivity contribution in [3.8, 4) is 0 Å². The summed E-state index contributed by atoms with van der Waals surface area (Å²) in [7, 11) is 1.38. The maximum absolute atomic E-state index is 10.6. The minimum atomic E-state index is -0.652. The Balaban J connectivity index is 3.28. The van der Waals surface area contributed by atoms with Gasteiger partial charge >= 0.3 is 5.97 Å². The molecule has 4 heteroatoms. The lowest BCUT2D eigenvalue weighted by atomic mass is 10.2. The van der Waals surface area contributed by atoms with Gasteiger partial charge in [0.25, 0.3) is 0 Å². The Morgan fingerprint density at radius 2 is 2.17 bits per heavy atom. The van der Waals surface area contributed by atoms with E-state index in [0.29, 0.717) is 17.9 Å². The van der Waals surface area contributed by atoms with E-state index in [1.54, 1.807) is 25.6 Å². The highest BCUT2D eigenvalue weighted by atomic mass is 32.2. The third-order valence-electron chi connectivity index (χ3n) is 1.13. The maximum Gasteiger partial charge on any atom is 0.306 e. The number of hydrogen-bond acceptors (Lipinski definition) is 4. The van der Waals surface area contributed by atoms with Gasteiger partial charge in [0, 0.05) is 11.5 Å². The highest BCUT2D eigenvalue weighted by Crippen LogP contribution is 2.12. The molecule has 0 saturated heterocycles. The average Bonchev–Trinajstić information content (AvgIpc) is 1.96. The molecule has 3 nitrogen and oxygen atoms in total. The summed E-state index contributed by atoms with van der Waals surface area (Å²) in [6.45, 7) is 3.50. The molecule has 0 fully saturated rings. The molecule has 0 atom stereocenters. The third-order valence-corrected chi connectivity index (χ3v) is 2.54. The van der Waals surface area contributed by atoms with Crippen LogP contribution in [0.3, 0.4) is 0 Å². The van der Waals surface area contributed by atoms with Gasteiger partial charge in [-0.2, -0.15) is 11.8 Å². The lowest BCUT2D eigenvalue weighted by Crippen LogP contribution is -2.22. The van der Waals surface area contributed by atoms with E-state index < -0.39 is 5.60 Å². The predicted octanol–water partition coefficient (Wildman–Crippen LogP) is 1.05. The highest BCUT2D eigenvalue weighted by molar-refractivity contribution is 7.99. The SMILES string of the molecule is COC(=O)CCSCC(C)(C)O. The van der Waals surface area contributed by atoms with E-state index in [4.69, 9.17) is 0 Å². The van der Waals surface area contributed by atoms with Crippen molar-refractivity contribution in [3.63, 3.8) is 0 Å². The number of thioether (sulfide) groups is 1. The molecule has 0 aliphatic carbocycles. The van der Waals surface area contributed by atoms with Gasteiger partial charge in [0.15, 0.2) is 0 Å². The summed E-state index contributed by atoms with van der Waals surface area (Å²) in [6.07, 6.45) is 0.414. The summed E-state index contributed by atoms with van der Waals surface area (Å²) in [5.74, 6) is 1.15. The second-order valence-corrected chi connectivity index (χ2v) is 4.30. The topological polar surface area (TPSA) is 46.5 Å². The fraction of sp³-hybridized carbons (Fsp3) is 0.875. The van der Waals surface area contributed by atoms with E-state index >= 15 is 0 Å². The lowest BCUT2D eigenvalue weighted by molar-refractivity contribution is -0.140. The zero-order valence-corrected chi connectivity index (χ0v) is 8.61. The fourth-order valence-electron chi connectivity index (χ4n) is 0.580. The van der Waals surface area contributed by atoms with Crippen LogP contribution < -0.4 is 0 Å². The number of ether oxygens (including phenoxy) is 1. The molecular weight excluding hydrogens is 176 g/mol. The Hall–Kier alpha value is -0.220. The largest absolute Gasteiger partial charge is 0.469 e. The summed E-state index contributed by atoms with van der Waals surface area (Å²) >= 11 is 1.55. The second kappa shape index (κ2) is 5.43. The normalized spacial score (nSPS) is 11.3. The Bertz CT molecular complexity index is 140. The zero-order chi connectivity index (χ0) is 9.61. The smallest absolute Gasteiger partial charge is 0.306 e. The molecule has 0 amide bonds. The first-order valence-electron chi connectivity index (χ1n) is 3.82. The van der Waals surface area contributed by atoms with Crippen LogP contribution in [0.1, 0.15) is 20.3 Å². The number of carbonyl (C=O) groups excluding carboxylic acids is 1. The van der Waals surface area contributed by atoms with E-state index in [2.05, 4.69) is 4.74 Å². The van der Waals surface area contributed by atoms with Gasteiger partial charge in [0.1, 0.15) is 0 Å². The van der Waals surface area contributed by atoms with Crippen molar-refractivity contribution in [1.29, 1.82) is 0 Å². The summed E-state index contributed by atoms with van der Waals surface area (Å²) < 4.78 is 4.47. The lowest BCUT2D eigenvalue weighted by Gasteiger charge is -2.15. The first-order valence-corrected chi connectivity index (χ1v) is 4.98. The van der Waals surface area contributed by atoms with E-state index in [0.717, 1.165) is 0 Å². The second-order valence-electron chi connectivity index (χ2n) is 3.19. The molecule has 0 aliphatic rings. The molecule has 1 N–H and O–H groups in total. The minimum Gasteiger partial charge on any atom is -0.469 e. The van der Waals surface area contributed by atoms with Gasteiger partial charge in [-0.15, -0.1) is 0 Å². The molecule has 12 heavy (non-hydrogen) atoms. The van der Waals surface area contributed by atoms with Crippen molar-refractivity contribution >= 4 is 17.7 Å². The van der Waals surface area contributed by atoms with Gasteiger partial charge in [-0.3, -0.25) is 4.79 Å². The number of hydrogen-bond donors (Lipinski definition) is 1. The fourth-order valence-corrected chi connectivity index (χ4v) is 1.53. The molecule has 0 spiro atoms. The molecule has 0 unspecified atom stereocenters. The van der Waals surface area contributed by atoms with Gasteiger partial charge < -0.3 is 9.84 Å². The predicted molar refractivity (Wildman–Crippen MR) is 50.3 cm³/mol. The molecule has 0 bridgehead atoms. The molecule has 0 aromatic heterocycles. The van der Waals surface area contributed by atoms with Gasteiger partial charge in [-0.1, -0.05) is 0 Å². The van der Waals surface area contributed by atoms with Crippen molar-refractivity contribution in [2.75, 3.05) is 18.6 Å². The van der Waals surface area contributed by atoms with E-state index in [9.17, 15) is 9.90 Å². The monoisotopic (exact) mass is 192 g/mol. The Morgan fingerprint density at radius 3 is 2.58 bits per heavy atom. The van der Waals surface area contributed by atoms with Crippen LogP contribution in [0.15, 0.2) is 0 Å².